The number of hydrogen-bond donors (Lipinski definition) is 1. The Kier molecular flexibility index (Phi) is 4.01. The fourth-order valence-electron chi connectivity index (χ4n) is 7.46. The van der Waals surface area contributed by atoms with Crippen LogP contribution < -0.4 is 0 Å². The Morgan fingerprint density at radius 3 is 2.60 bits per heavy atom. The first-order chi connectivity index (χ1) is 11.7. The molecule has 3 heteroatoms. The van der Waals surface area contributed by atoms with E-state index in [1.165, 1.54) is 24.8 Å². The highest BCUT2D eigenvalue weighted by atomic mass is 16.6. The van der Waals surface area contributed by atoms with Crippen LogP contribution in [0.25, 0.3) is 0 Å². The van der Waals surface area contributed by atoms with Gasteiger partial charge in [0, 0.05) is 25.9 Å². The van der Waals surface area contributed by atoms with Gasteiger partial charge in [-0.05, 0) is 74.0 Å². The van der Waals surface area contributed by atoms with E-state index in [4.69, 9.17) is 4.74 Å². The van der Waals surface area contributed by atoms with Gasteiger partial charge < -0.3 is 9.84 Å². The van der Waals surface area contributed by atoms with Gasteiger partial charge in [0.1, 0.15) is 5.78 Å². The van der Waals surface area contributed by atoms with E-state index in [1.54, 1.807) is 14.0 Å². The van der Waals surface area contributed by atoms with Crippen LogP contribution in [0.4, 0.5) is 0 Å². The van der Waals surface area contributed by atoms with Crippen LogP contribution in [0.3, 0.4) is 0 Å². The van der Waals surface area contributed by atoms with Crippen LogP contribution >= 0.6 is 0 Å². The van der Waals surface area contributed by atoms with E-state index in [2.05, 4.69) is 19.9 Å². The Morgan fingerprint density at radius 1 is 1.16 bits per heavy atom. The van der Waals surface area contributed by atoms with Crippen molar-refractivity contribution in [2.45, 2.75) is 77.9 Å². The third-order valence-electron chi connectivity index (χ3n) is 9.00. The number of carbonyl (C=O) groups excluding carboxylic acids is 1. The summed E-state index contributed by atoms with van der Waals surface area (Å²) in [6.45, 7) is 6.64. The van der Waals surface area contributed by atoms with E-state index >= 15 is 0 Å². The fraction of sp³-hybridized carbons (Fsp3) is 0.864. The van der Waals surface area contributed by atoms with Crippen LogP contribution in [-0.4, -0.2) is 23.8 Å². The van der Waals surface area contributed by atoms with Crippen molar-refractivity contribution in [3.8, 4) is 0 Å². The monoisotopic (exact) mass is 346 g/mol. The molecule has 0 spiro atoms. The maximum absolute atomic E-state index is 12.2. The van der Waals surface area contributed by atoms with Gasteiger partial charge in [-0.15, -0.1) is 0 Å². The quantitative estimate of drug-likeness (QED) is 0.592. The number of ether oxygens (including phenoxy) is 1. The number of ketones is 1. The fourth-order valence-corrected chi connectivity index (χ4v) is 7.46. The van der Waals surface area contributed by atoms with Gasteiger partial charge in [-0.2, -0.15) is 0 Å². The summed E-state index contributed by atoms with van der Waals surface area (Å²) >= 11 is 0. The van der Waals surface area contributed by atoms with Gasteiger partial charge in [-0.3, -0.25) is 4.79 Å². The normalized spacial score (nSPS) is 52.0. The second-order valence-electron chi connectivity index (χ2n) is 9.87. The van der Waals surface area contributed by atoms with Gasteiger partial charge in [-0.25, -0.2) is 0 Å². The second-order valence-corrected chi connectivity index (χ2v) is 9.87. The van der Waals surface area contributed by atoms with Crippen molar-refractivity contribution in [1.29, 1.82) is 0 Å². The molecule has 4 aliphatic carbocycles. The molecule has 140 valence electrons. The van der Waals surface area contributed by atoms with Crippen molar-refractivity contribution in [2.75, 3.05) is 7.11 Å². The molecule has 0 bridgehead atoms. The van der Waals surface area contributed by atoms with Crippen molar-refractivity contribution < 1.29 is 14.6 Å². The summed E-state index contributed by atoms with van der Waals surface area (Å²) in [6.07, 6.45) is 10.7. The number of rotatable bonds is 2. The van der Waals surface area contributed by atoms with Crippen LogP contribution in [0.1, 0.15) is 72.1 Å². The summed E-state index contributed by atoms with van der Waals surface area (Å²) in [5.74, 6) is 1.83. The van der Waals surface area contributed by atoms with Gasteiger partial charge in [0.25, 0.3) is 0 Å². The minimum absolute atomic E-state index is 0.212. The molecule has 1 N–H and O–H groups in total. The highest BCUT2D eigenvalue weighted by Crippen LogP contribution is 2.66. The van der Waals surface area contributed by atoms with E-state index in [9.17, 15) is 9.90 Å². The summed E-state index contributed by atoms with van der Waals surface area (Å²) < 4.78 is 5.41. The van der Waals surface area contributed by atoms with Crippen LogP contribution in [0.15, 0.2) is 11.6 Å². The molecule has 0 aromatic carbocycles. The molecule has 0 radical (unpaired) electrons. The molecule has 0 heterocycles. The van der Waals surface area contributed by atoms with E-state index in [0.717, 1.165) is 25.7 Å². The SMILES string of the molecule is COC1(O)CC[C@@]2(C)C(=CC[C@H]3[C@@H]4CC[C@H](C(C)=O)[C@@]4(C)CC[C@@H]32)C1. The van der Waals surface area contributed by atoms with Gasteiger partial charge in [0.15, 0.2) is 5.79 Å². The molecule has 0 aromatic rings. The number of Topliss-reactive ketones (excluding diaryl/α,β-unsaturated/α-hetero) is 1. The number of methoxy groups -OCH3 is 1. The Labute approximate surface area is 152 Å². The number of fused-ring (bicyclic) bond motifs is 5. The molecule has 3 fully saturated rings. The maximum atomic E-state index is 12.2. The summed E-state index contributed by atoms with van der Waals surface area (Å²) in [6, 6.07) is 0. The van der Waals surface area contributed by atoms with Crippen LogP contribution in [0.5, 0.6) is 0 Å². The molecule has 0 aliphatic heterocycles. The molecule has 3 nitrogen and oxygen atoms in total. The first-order valence-corrected chi connectivity index (χ1v) is 10.2. The molecule has 7 atom stereocenters. The van der Waals surface area contributed by atoms with Gasteiger partial charge in [-0.1, -0.05) is 25.5 Å². The van der Waals surface area contributed by atoms with Crippen LogP contribution in [0, 0.1) is 34.5 Å². The first-order valence-electron chi connectivity index (χ1n) is 10.2. The van der Waals surface area contributed by atoms with E-state index < -0.39 is 5.79 Å². The van der Waals surface area contributed by atoms with Crippen molar-refractivity contribution >= 4 is 5.78 Å². The minimum Gasteiger partial charge on any atom is -0.365 e. The Morgan fingerprint density at radius 2 is 1.92 bits per heavy atom. The summed E-state index contributed by atoms with van der Waals surface area (Å²) in [7, 11) is 1.63. The smallest absolute Gasteiger partial charge is 0.168 e. The van der Waals surface area contributed by atoms with E-state index in [0.29, 0.717) is 30.0 Å². The number of allylic oxidation sites excluding steroid dienone is 1. The average Bonchev–Trinajstić information content (AvgIpc) is 2.93. The first kappa shape index (κ1) is 17.7. The lowest BCUT2D eigenvalue weighted by Crippen LogP contribution is -2.52. The average molecular weight is 347 g/mol. The molecule has 1 unspecified atom stereocenters. The minimum atomic E-state index is -0.964. The third-order valence-corrected chi connectivity index (χ3v) is 9.00. The molecule has 0 amide bonds. The molecule has 4 rings (SSSR count). The lowest BCUT2D eigenvalue weighted by molar-refractivity contribution is -0.209. The molecule has 3 saturated carbocycles. The topological polar surface area (TPSA) is 46.5 Å². The highest BCUT2D eigenvalue weighted by molar-refractivity contribution is 5.79. The standard InChI is InChI=1S/C22H34O3/c1-14(23)17-7-8-18-16-6-5-15-13-22(24,25-4)12-11-20(15,2)19(16)9-10-21(17,18)3/h5,16-19,24H,6-13H2,1-4H3/t16-,17+,18-,19-,20-,21+,22?/m0/s1. The zero-order valence-corrected chi connectivity index (χ0v) is 16.3. The molecular weight excluding hydrogens is 312 g/mol. The predicted octanol–water partition coefficient (Wildman–Crippen LogP) is 4.49. The Bertz CT molecular complexity index is 610. The van der Waals surface area contributed by atoms with Crippen LogP contribution in [0.2, 0.25) is 0 Å². The lowest BCUT2D eigenvalue weighted by Gasteiger charge is -2.58. The maximum Gasteiger partial charge on any atom is 0.168 e. The van der Waals surface area contributed by atoms with Gasteiger partial charge >= 0.3 is 0 Å². The molecule has 25 heavy (non-hydrogen) atoms. The zero-order chi connectivity index (χ0) is 18.0. The molecule has 0 saturated heterocycles. The van der Waals surface area contributed by atoms with Crippen molar-refractivity contribution in [3.05, 3.63) is 11.6 Å². The van der Waals surface area contributed by atoms with Crippen molar-refractivity contribution in [3.63, 3.8) is 0 Å². The molecular formula is C22H34O3. The molecule has 0 aromatic heterocycles. The summed E-state index contributed by atoms with van der Waals surface area (Å²) in [5, 5.41) is 10.6. The van der Waals surface area contributed by atoms with Crippen molar-refractivity contribution in [1.82, 2.24) is 0 Å². The van der Waals surface area contributed by atoms with Gasteiger partial charge in [0.2, 0.25) is 0 Å². The number of carbonyl (C=O) groups is 1. The Hall–Kier alpha value is -0.670. The summed E-state index contributed by atoms with van der Waals surface area (Å²) in [4.78, 5) is 12.2. The number of hydrogen-bond acceptors (Lipinski definition) is 3. The lowest BCUT2D eigenvalue weighted by atomic mass is 9.47. The summed E-state index contributed by atoms with van der Waals surface area (Å²) in [5.41, 5.74) is 1.86. The molecule has 4 aliphatic rings. The predicted molar refractivity (Wildman–Crippen MR) is 97.8 cm³/mol. The largest absolute Gasteiger partial charge is 0.365 e. The van der Waals surface area contributed by atoms with E-state index in [-0.39, 0.29) is 16.7 Å². The van der Waals surface area contributed by atoms with E-state index in [1.807, 2.05) is 0 Å². The second kappa shape index (κ2) is 5.66. The van der Waals surface area contributed by atoms with Crippen molar-refractivity contribution in [2.24, 2.45) is 34.5 Å². The highest BCUT2D eigenvalue weighted by Gasteiger charge is 2.60. The van der Waals surface area contributed by atoms with Crippen LogP contribution in [-0.2, 0) is 9.53 Å². The Balaban J connectivity index is 1.64. The van der Waals surface area contributed by atoms with Gasteiger partial charge in [0.05, 0.1) is 0 Å². The zero-order valence-electron chi connectivity index (χ0n) is 16.3. The third kappa shape index (κ3) is 2.41. The number of aliphatic hydroxyl groups is 1.